The first kappa shape index (κ1) is 21.4. The first-order valence-corrected chi connectivity index (χ1v) is 8.26. The third-order valence-corrected chi connectivity index (χ3v) is 3.68. The molecule has 0 rings (SSSR count). The van der Waals surface area contributed by atoms with Gasteiger partial charge in [0, 0.05) is 6.08 Å². The van der Waals surface area contributed by atoms with Gasteiger partial charge in [0.05, 0.1) is 6.10 Å². The second kappa shape index (κ2) is 11.9. The summed E-state index contributed by atoms with van der Waals surface area (Å²) in [6.07, 6.45) is 11.4. The zero-order chi connectivity index (χ0) is 17.8. The highest BCUT2D eigenvalue weighted by molar-refractivity contribution is 5.80. The molecule has 3 nitrogen and oxygen atoms in total. The molecule has 0 saturated heterocycles. The molecule has 0 aliphatic carbocycles. The normalized spacial score (nSPS) is 14.6. The molecule has 0 aromatic heterocycles. The average Bonchev–Trinajstić information content (AvgIpc) is 2.43. The summed E-state index contributed by atoms with van der Waals surface area (Å²) in [5.41, 5.74) is 4.44. The third-order valence-electron chi connectivity index (χ3n) is 3.68. The smallest absolute Gasteiger partial charge is 0.328 e. The van der Waals surface area contributed by atoms with Crippen LogP contribution in [0.3, 0.4) is 0 Å². The number of hydrogen-bond donors (Lipinski definition) is 2. The van der Waals surface area contributed by atoms with Gasteiger partial charge in [-0.25, -0.2) is 4.79 Å². The Kier molecular flexibility index (Phi) is 11.1. The maximum absolute atomic E-state index is 10.5. The van der Waals surface area contributed by atoms with Crippen LogP contribution in [0, 0.1) is 0 Å². The van der Waals surface area contributed by atoms with Crippen molar-refractivity contribution in [3.05, 3.63) is 46.6 Å². The van der Waals surface area contributed by atoms with Crippen molar-refractivity contribution < 1.29 is 15.0 Å². The van der Waals surface area contributed by atoms with E-state index in [9.17, 15) is 9.90 Å². The van der Waals surface area contributed by atoms with Crippen LogP contribution in [0.1, 0.15) is 66.7 Å². The Morgan fingerprint density at radius 2 is 1.48 bits per heavy atom. The van der Waals surface area contributed by atoms with Crippen molar-refractivity contribution in [3.63, 3.8) is 0 Å². The number of aliphatic hydroxyl groups is 1. The summed E-state index contributed by atoms with van der Waals surface area (Å²) < 4.78 is 0. The number of carboxylic acids is 1. The summed E-state index contributed by atoms with van der Waals surface area (Å²) in [7, 11) is 0. The lowest BCUT2D eigenvalue weighted by Crippen LogP contribution is -2.06. The van der Waals surface area contributed by atoms with E-state index >= 15 is 0 Å². The van der Waals surface area contributed by atoms with Gasteiger partial charge in [0.15, 0.2) is 0 Å². The first-order chi connectivity index (χ1) is 10.7. The van der Waals surface area contributed by atoms with Gasteiger partial charge in [-0.2, -0.15) is 0 Å². The molecule has 1 atom stereocenters. The van der Waals surface area contributed by atoms with Crippen molar-refractivity contribution in [2.45, 2.75) is 72.8 Å². The zero-order valence-electron chi connectivity index (χ0n) is 15.2. The number of carbonyl (C=O) groups is 1. The Balaban J connectivity index is 4.19. The van der Waals surface area contributed by atoms with E-state index in [1.165, 1.54) is 17.2 Å². The summed E-state index contributed by atoms with van der Waals surface area (Å²) >= 11 is 0. The summed E-state index contributed by atoms with van der Waals surface area (Å²) in [6.45, 7) is 9.99. The first-order valence-electron chi connectivity index (χ1n) is 8.26. The van der Waals surface area contributed by atoms with Crippen molar-refractivity contribution in [3.8, 4) is 0 Å². The summed E-state index contributed by atoms with van der Waals surface area (Å²) in [5, 5.41) is 18.7. The predicted molar refractivity (Wildman–Crippen MR) is 97.4 cm³/mol. The predicted octanol–water partition coefficient (Wildman–Crippen LogP) is 5.19. The van der Waals surface area contributed by atoms with Gasteiger partial charge in [-0.15, -0.1) is 0 Å². The molecular formula is C20H32O3. The quantitative estimate of drug-likeness (QED) is 0.430. The maximum Gasteiger partial charge on any atom is 0.328 e. The van der Waals surface area contributed by atoms with E-state index < -0.39 is 12.1 Å². The number of carboxylic acid groups (broad SMARTS) is 1. The van der Waals surface area contributed by atoms with E-state index in [1.807, 2.05) is 27.7 Å². The molecule has 0 aliphatic rings. The molecule has 0 bridgehead atoms. The van der Waals surface area contributed by atoms with Crippen LogP contribution >= 0.6 is 0 Å². The molecule has 0 spiro atoms. The largest absolute Gasteiger partial charge is 0.478 e. The lowest BCUT2D eigenvalue weighted by Gasteiger charge is -2.09. The number of hydrogen-bond acceptors (Lipinski definition) is 2. The molecule has 3 heteroatoms. The maximum atomic E-state index is 10.5. The zero-order valence-corrected chi connectivity index (χ0v) is 15.2. The van der Waals surface area contributed by atoms with Crippen LogP contribution in [0.5, 0.6) is 0 Å². The second-order valence-corrected chi connectivity index (χ2v) is 6.44. The van der Waals surface area contributed by atoms with Gasteiger partial charge in [0.2, 0.25) is 0 Å². The summed E-state index contributed by atoms with van der Waals surface area (Å²) in [4.78, 5) is 10.5. The lowest BCUT2D eigenvalue weighted by molar-refractivity contribution is -0.131. The molecular weight excluding hydrogens is 288 g/mol. The fourth-order valence-electron chi connectivity index (χ4n) is 2.13. The van der Waals surface area contributed by atoms with E-state index in [2.05, 4.69) is 25.2 Å². The van der Waals surface area contributed by atoms with Crippen molar-refractivity contribution in [2.75, 3.05) is 0 Å². The van der Waals surface area contributed by atoms with Gasteiger partial charge in [-0.05, 0) is 72.3 Å². The topological polar surface area (TPSA) is 57.5 Å². The molecule has 2 N–H and O–H groups in total. The van der Waals surface area contributed by atoms with Gasteiger partial charge in [-0.1, -0.05) is 34.9 Å². The van der Waals surface area contributed by atoms with Gasteiger partial charge >= 0.3 is 5.97 Å². The second-order valence-electron chi connectivity index (χ2n) is 6.44. The van der Waals surface area contributed by atoms with E-state index in [0.29, 0.717) is 6.42 Å². The number of rotatable bonds is 10. The molecule has 0 aromatic rings. The molecule has 0 fully saturated rings. The monoisotopic (exact) mass is 320 g/mol. The molecule has 23 heavy (non-hydrogen) atoms. The number of aliphatic carboxylic acids is 1. The van der Waals surface area contributed by atoms with Gasteiger partial charge in [0.1, 0.15) is 0 Å². The molecule has 0 heterocycles. The highest BCUT2D eigenvalue weighted by atomic mass is 16.4. The Morgan fingerprint density at radius 3 is 2.04 bits per heavy atom. The van der Waals surface area contributed by atoms with Crippen LogP contribution in [0.25, 0.3) is 0 Å². The van der Waals surface area contributed by atoms with Crippen LogP contribution in [0.2, 0.25) is 0 Å². The van der Waals surface area contributed by atoms with Crippen molar-refractivity contribution in [1.82, 2.24) is 0 Å². The summed E-state index contributed by atoms with van der Waals surface area (Å²) in [5.74, 6) is -0.879. The Morgan fingerprint density at radius 1 is 0.913 bits per heavy atom. The number of aliphatic hydroxyl groups excluding tert-OH is 1. The minimum atomic E-state index is -0.879. The van der Waals surface area contributed by atoms with Crippen molar-refractivity contribution in [1.29, 1.82) is 0 Å². The fourth-order valence-corrected chi connectivity index (χ4v) is 2.13. The van der Waals surface area contributed by atoms with E-state index in [-0.39, 0.29) is 0 Å². The molecule has 0 aromatic carbocycles. The van der Waals surface area contributed by atoms with E-state index in [4.69, 9.17) is 5.11 Å². The van der Waals surface area contributed by atoms with E-state index in [1.54, 1.807) is 0 Å². The molecule has 0 saturated carbocycles. The Labute approximate surface area is 141 Å². The average molecular weight is 320 g/mol. The van der Waals surface area contributed by atoms with E-state index in [0.717, 1.165) is 36.8 Å². The lowest BCUT2D eigenvalue weighted by atomic mass is 10.0. The molecule has 0 radical (unpaired) electrons. The van der Waals surface area contributed by atoms with Crippen molar-refractivity contribution in [2.24, 2.45) is 0 Å². The Bertz CT molecular complexity index is 489. The van der Waals surface area contributed by atoms with Crippen LogP contribution < -0.4 is 0 Å². The Hall–Kier alpha value is -1.61. The van der Waals surface area contributed by atoms with Crippen LogP contribution in [-0.2, 0) is 4.79 Å². The van der Waals surface area contributed by atoms with Crippen LogP contribution in [-0.4, -0.2) is 22.3 Å². The minimum absolute atomic E-state index is 0.391. The SMILES string of the molecule is CC(C)=CC[C@H](O)/C(C)=C/CC/C(C)=C/CC/C(C)=C/C(=O)O. The van der Waals surface area contributed by atoms with Crippen LogP contribution in [0.15, 0.2) is 46.6 Å². The van der Waals surface area contributed by atoms with Gasteiger partial charge < -0.3 is 10.2 Å². The van der Waals surface area contributed by atoms with Gasteiger partial charge in [0.25, 0.3) is 0 Å². The fraction of sp³-hybridized carbons (Fsp3) is 0.550. The molecule has 0 unspecified atom stereocenters. The molecule has 130 valence electrons. The summed E-state index contributed by atoms with van der Waals surface area (Å²) in [6, 6.07) is 0. The van der Waals surface area contributed by atoms with Crippen LogP contribution in [0.4, 0.5) is 0 Å². The standard InChI is InChI=1S/C20H32O3/c1-15(2)12-13-19(21)18(5)11-7-9-16(3)8-6-10-17(4)14-20(22)23/h8,11-12,14,19,21H,6-7,9-10,13H2,1-5H3,(H,22,23)/b16-8+,17-14+,18-11+/t19-/m0/s1. The van der Waals surface area contributed by atoms with Crippen molar-refractivity contribution >= 4 is 5.97 Å². The third kappa shape index (κ3) is 12.6. The minimum Gasteiger partial charge on any atom is -0.478 e. The van der Waals surface area contributed by atoms with Gasteiger partial charge in [-0.3, -0.25) is 0 Å². The molecule has 0 amide bonds. The number of allylic oxidation sites excluding steroid dienone is 5. The highest BCUT2D eigenvalue weighted by Gasteiger charge is 2.03. The molecule has 0 aliphatic heterocycles. The highest BCUT2D eigenvalue weighted by Crippen LogP contribution is 2.14.